The van der Waals surface area contributed by atoms with E-state index >= 15 is 0 Å². The van der Waals surface area contributed by atoms with Gasteiger partial charge in [-0.15, -0.1) is 0 Å². The minimum Gasteiger partial charge on any atom is -0.481 e. The number of fused-ring (bicyclic) bond motifs is 1. The molecule has 2 aromatic rings. The highest BCUT2D eigenvalue weighted by molar-refractivity contribution is 5.97. The monoisotopic (exact) mass is 515 g/mol. The Morgan fingerprint density at radius 3 is 2.54 bits per heavy atom. The van der Waals surface area contributed by atoms with E-state index in [0.717, 1.165) is 12.1 Å². The Kier molecular flexibility index (Phi) is 8.93. The molecule has 1 aromatic carbocycles. The van der Waals surface area contributed by atoms with Crippen LogP contribution in [0.25, 0.3) is 0 Å². The Morgan fingerprint density at radius 1 is 1.22 bits per heavy atom. The fourth-order valence-corrected chi connectivity index (χ4v) is 4.01. The van der Waals surface area contributed by atoms with Gasteiger partial charge in [0, 0.05) is 30.9 Å². The molecule has 0 fully saturated rings. The zero-order valence-corrected chi connectivity index (χ0v) is 20.8. The van der Waals surface area contributed by atoms with Crippen molar-refractivity contribution in [3.63, 3.8) is 0 Å². The topological polar surface area (TPSA) is 203 Å². The second kappa shape index (κ2) is 12.1. The van der Waals surface area contributed by atoms with E-state index in [9.17, 15) is 29.4 Å². The first-order valence-electron chi connectivity index (χ1n) is 12.1. The summed E-state index contributed by atoms with van der Waals surface area (Å²) in [5, 5.41) is 28.4. The first kappa shape index (κ1) is 27.3. The summed E-state index contributed by atoms with van der Waals surface area (Å²) in [5.74, 6) is -3.30. The van der Waals surface area contributed by atoms with Crippen LogP contribution in [0.4, 0.5) is 23.1 Å². The van der Waals surface area contributed by atoms with Crippen molar-refractivity contribution in [3.05, 3.63) is 40.2 Å². The average Bonchev–Trinajstić information content (AvgIpc) is 2.86. The molecule has 0 saturated carbocycles. The van der Waals surface area contributed by atoms with E-state index in [2.05, 4.69) is 25.9 Å². The van der Waals surface area contributed by atoms with Crippen molar-refractivity contribution >= 4 is 41.0 Å². The molecule has 1 aromatic heterocycles. The van der Waals surface area contributed by atoms with E-state index in [0.29, 0.717) is 36.6 Å². The van der Waals surface area contributed by atoms with Gasteiger partial charge in [-0.3, -0.25) is 19.4 Å². The minimum atomic E-state index is -1.25. The lowest BCUT2D eigenvalue weighted by molar-refractivity contribution is -0.145. The van der Waals surface area contributed by atoms with E-state index < -0.39 is 29.8 Å². The number of unbranched alkanes of at least 4 members (excludes halogenated alkanes) is 1. The highest BCUT2D eigenvalue weighted by Gasteiger charge is 2.33. The number of benzene rings is 1. The number of hydrogen-bond acceptors (Lipinski definition) is 9. The molecule has 13 nitrogen and oxygen atoms in total. The molecule has 13 heteroatoms. The van der Waals surface area contributed by atoms with Gasteiger partial charge >= 0.3 is 11.9 Å². The summed E-state index contributed by atoms with van der Waals surface area (Å²) in [6, 6.07) is 5.24. The SMILES string of the molecule is CCCCN(C(=O)c1ccc(NCC2CNc3nc(N)[nH]c(=O)c3N2)cc1)C(CC(C)C(=O)O)C(=O)O. The number of H-pyrrole nitrogens is 1. The van der Waals surface area contributed by atoms with Crippen molar-refractivity contribution in [2.75, 3.05) is 41.3 Å². The smallest absolute Gasteiger partial charge is 0.326 e. The molecule has 0 spiro atoms. The van der Waals surface area contributed by atoms with Crippen LogP contribution in [-0.4, -0.2) is 74.6 Å². The number of nitrogen functional groups attached to an aromatic ring is 1. The zero-order valence-electron chi connectivity index (χ0n) is 20.8. The fraction of sp³-hybridized carbons (Fsp3) is 0.458. The van der Waals surface area contributed by atoms with Crippen LogP contribution in [0, 0.1) is 5.92 Å². The molecule has 37 heavy (non-hydrogen) atoms. The molecule has 0 aliphatic carbocycles. The Balaban J connectivity index is 1.67. The van der Waals surface area contributed by atoms with Gasteiger partial charge in [-0.2, -0.15) is 4.98 Å². The Hall–Kier alpha value is -4.29. The minimum absolute atomic E-state index is 0.0311. The van der Waals surface area contributed by atoms with Crippen LogP contribution >= 0.6 is 0 Å². The number of amides is 1. The van der Waals surface area contributed by atoms with E-state index in [-0.39, 0.29) is 30.5 Å². The second-order valence-electron chi connectivity index (χ2n) is 9.04. The van der Waals surface area contributed by atoms with Gasteiger partial charge in [0.15, 0.2) is 5.82 Å². The molecule has 8 N–H and O–H groups in total. The van der Waals surface area contributed by atoms with Crippen molar-refractivity contribution in [3.8, 4) is 0 Å². The van der Waals surface area contributed by atoms with Crippen molar-refractivity contribution in [2.45, 2.75) is 45.2 Å². The Bertz CT molecular complexity index is 1180. The highest BCUT2D eigenvalue weighted by Crippen LogP contribution is 2.21. The molecular formula is C24H33N7O6. The zero-order chi connectivity index (χ0) is 27.1. The van der Waals surface area contributed by atoms with Gasteiger partial charge in [0.2, 0.25) is 5.95 Å². The molecule has 1 aliphatic heterocycles. The first-order valence-corrected chi connectivity index (χ1v) is 12.1. The van der Waals surface area contributed by atoms with Crippen LogP contribution in [-0.2, 0) is 9.59 Å². The quantitative estimate of drug-likeness (QED) is 0.216. The molecule has 3 unspecified atom stereocenters. The maximum absolute atomic E-state index is 13.3. The summed E-state index contributed by atoms with van der Waals surface area (Å²) in [7, 11) is 0. The summed E-state index contributed by atoms with van der Waals surface area (Å²) in [6.07, 6.45) is 1.15. The van der Waals surface area contributed by atoms with Gasteiger partial charge in [0.25, 0.3) is 11.5 Å². The first-order chi connectivity index (χ1) is 17.6. The van der Waals surface area contributed by atoms with E-state index in [1.165, 1.54) is 11.8 Å². The fourth-order valence-electron chi connectivity index (χ4n) is 4.01. The lowest BCUT2D eigenvalue weighted by atomic mass is 9.99. The predicted octanol–water partition coefficient (Wildman–Crippen LogP) is 1.48. The van der Waals surface area contributed by atoms with Crippen LogP contribution in [0.1, 0.15) is 43.5 Å². The molecule has 2 heterocycles. The number of aromatic nitrogens is 2. The van der Waals surface area contributed by atoms with Crippen LogP contribution in [0.5, 0.6) is 0 Å². The van der Waals surface area contributed by atoms with Crippen molar-refractivity contribution in [2.24, 2.45) is 5.92 Å². The summed E-state index contributed by atoms with van der Waals surface area (Å²) >= 11 is 0. The maximum Gasteiger partial charge on any atom is 0.326 e. The van der Waals surface area contributed by atoms with Crippen molar-refractivity contribution in [1.82, 2.24) is 14.9 Å². The summed E-state index contributed by atoms with van der Waals surface area (Å²) in [4.78, 5) is 56.4. The van der Waals surface area contributed by atoms with Gasteiger partial charge in [-0.25, -0.2) is 4.79 Å². The number of carboxylic acids is 2. The van der Waals surface area contributed by atoms with Crippen LogP contribution < -0.4 is 27.2 Å². The molecule has 0 bridgehead atoms. The van der Waals surface area contributed by atoms with Crippen LogP contribution in [0.2, 0.25) is 0 Å². The maximum atomic E-state index is 13.3. The molecule has 200 valence electrons. The predicted molar refractivity (Wildman–Crippen MR) is 139 cm³/mol. The van der Waals surface area contributed by atoms with Gasteiger partial charge in [0.1, 0.15) is 11.7 Å². The lowest BCUT2D eigenvalue weighted by Crippen LogP contribution is -2.47. The number of rotatable bonds is 12. The average molecular weight is 516 g/mol. The van der Waals surface area contributed by atoms with E-state index in [1.54, 1.807) is 24.3 Å². The third-order valence-corrected chi connectivity index (χ3v) is 6.16. The number of anilines is 4. The van der Waals surface area contributed by atoms with Crippen molar-refractivity contribution < 1.29 is 24.6 Å². The molecule has 0 saturated heterocycles. The number of carbonyl (C=O) groups excluding carboxylic acids is 1. The number of carbonyl (C=O) groups is 3. The lowest BCUT2D eigenvalue weighted by Gasteiger charge is -2.30. The van der Waals surface area contributed by atoms with Crippen LogP contribution in [0.15, 0.2) is 29.1 Å². The summed E-state index contributed by atoms with van der Waals surface area (Å²) < 4.78 is 0. The largest absolute Gasteiger partial charge is 0.481 e. The van der Waals surface area contributed by atoms with Gasteiger partial charge < -0.3 is 36.8 Å². The van der Waals surface area contributed by atoms with Gasteiger partial charge in [0.05, 0.1) is 12.0 Å². The Labute approximate surface area is 213 Å². The van der Waals surface area contributed by atoms with E-state index in [4.69, 9.17) is 5.73 Å². The summed E-state index contributed by atoms with van der Waals surface area (Å²) in [5.41, 5.74) is 6.54. The molecule has 0 radical (unpaired) electrons. The third-order valence-electron chi connectivity index (χ3n) is 6.16. The molecule has 1 amide bonds. The molecule has 3 rings (SSSR count). The van der Waals surface area contributed by atoms with Crippen LogP contribution in [0.3, 0.4) is 0 Å². The molecule has 3 atom stereocenters. The third kappa shape index (κ3) is 6.90. The number of aliphatic carboxylic acids is 2. The second-order valence-corrected chi connectivity index (χ2v) is 9.04. The normalized spacial score (nSPS) is 15.9. The van der Waals surface area contributed by atoms with Gasteiger partial charge in [-0.05, 0) is 37.1 Å². The number of nitrogens with two attached hydrogens (primary N) is 1. The highest BCUT2D eigenvalue weighted by atomic mass is 16.4. The van der Waals surface area contributed by atoms with Gasteiger partial charge in [-0.1, -0.05) is 20.3 Å². The number of nitrogens with one attached hydrogen (secondary N) is 4. The number of hydrogen-bond donors (Lipinski definition) is 7. The summed E-state index contributed by atoms with van der Waals surface area (Å²) in [6.45, 7) is 4.53. The standard InChI is InChI=1S/C24H33N7O6/c1-3-4-9-31(17(23(36)37)10-13(2)22(34)35)21(33)14-5-7-15(8-6-14)26-11-16-12-27-19-18(28-16)20(32)30-24(25)29-19/h5-8,13,16-17,26,28H,3-4,9-12H2,1-2H3,(H,34,35)(H,36,37)(H4,25,27,29,30,32). The molecular weight excluding hydrogens is 482 g/mol. The van der Waals surface area contributed by atoms with Crippen molar-refractivity contribution in [1.29, 1.82) is 0 Å². The number of carboxylic acid groups (broad SMARTS) is 2. The van der Waals surface area contributed by atoms with E-state index in [1.807, 2.05) is 6.92 Å². The number of nitrogens with zero attached hydrogens (tertiary/aromatic N) is 2. The molecule has 1 aliphatic rings. The Morgan fingerprint density at radius 2 is 1.92 bits per heavy atom. The number of aromatic amines is 1.